The summed E-state index contributed by atoms with van der Waals surface area (Å²) in [7, 11) is 0. The molecule has 2 rings (SSSR count). The highest BCUT2D eigenvalue weighted by molar-refractivity contribution is 5.99. The van der Waals surface area contributed by atoms with Crippen LogP contribution in [0, 0.1) is 19.8 Å². The molecular weight excluding hydrogens is 393 g/mol. The van der Waals surface area contributed by atoms with Gasteiger partial charge in [-0.2, -0.15) is 13.2 Å². The zero-order chi connectivity index (χ0) is 21.9. The van der Waals surface area contributed by atoms with Gasteiger partial charge in [0.05, 0.1) is 12.2 Å². The number of amides is 1. The van der Waals surface area contributed by atoms with Crippen LogP contribution in [0.1, 0.15) is 58.8 Å². The Hall–Kier alpha value is -2.52. The van der Waals surface area contributed by atoms with Gasteiger partial charge >= 0.3 is 18.1 Å². The molecule has 1 N–H and O–H groups in total. The van der Waals surface area contributed by atoms with Crippen LogP contribution < -0.4 is 0 Å². The Morgan fingerprint density at radius 2 is 1.79 bits per heavy atom. The second-order valence-electron chi connectivity index (χ2n) is 7.14. The minimum atomic E-state index is -4.55. The first kappa shape index (κ1) is 22.8. The number of carbonyl (C=O) groups excluding carboxylic acids is 3. The first-order chi connectivity index (χ1) is 13.5. The van der Waals surface area contributed by atoms with E-state index < -0.39 is 43.2 Å². The molecule has 1 saturated carbocycles. The Labute approximate surface area is 166 Å². The molecule has 1 atom stereocenters. The van der Waals surface area contributed by atoms with E-state index in [1.807, 2.05) is 0 Å². The molecule has 0 saturated heterocycles. The van der Waals surface area contributed by atoms with Crippen LogP contribution in [0.25, 0.3) is 0 Å². The predicted octanol–water partition coefficient (Wildman–Crippen LogP) is 3.15. The SMILES string of the molecule is CCOC(=O)c1c(C)[nH]c(C(=O)OCC(=O)N(CC(F)(F)F)[C@H](C)C2CC2)c1C. The quantitative estimate of drug-likeness (QED) is 0.655. The van der Waals surface area contributed by atoms with Crippen molar-refractivity contribution in [3.8, 4) is 0 Å². The highest BCUT2D eigenvalue weighted by Gasteiger charge is 2.40. The lowest BCUT2D eigenvalue weighted by atomic mass is 10.1. The third kappa shape index (κ3) is 5.74. The largest absolute Gasteiger partial charge is 0.462 e. The lowest BCUT2D eigenvalue weighted by Crippen LogP contribution is -2.47. The summed E-state index contributed by atoms with van der Waals surface area (Å²) in [4.78, 5) is 40.1. The molecule has 162 valence electrons. The molecule has 0 aliphatic heterocycles. The average Bonchev–Trinajstić information content (AvgIpc) is 3.41. The van der Waals surface area contributed by atoms with Gasteiger partial charge in [0.15, 0.2) is 6.61 Å². The zero-order valence-corrected chi connectivity index (χ0v) is 16.8. The van der Waals surface area contributed by atoms with Gasteiger partial charge in [-0.1, -0.05) is 0 Å². The van der Waals surface area contributed by atoms with Gasteiger partial charge in [0.2, 0.25) is 0 Å². The minimum absolute atomic E-state index is 0.0254. The maximum absolute atomic E-state index is 12.9. The first-order valence-electron chi connectivity index (χ1n) is 9.35. The number of aryl methyl sites for hydroxylation is 1. The Balaban J connectivity index is 2.07. The predicted molar refractivity (Wildman–Crippen MR) is 96.5 cm³/mol. The van der Waals surface area contributed by atoms with Crippen molar-refractivity contribution in [1.82, 2.24) is 9.88 Å². The summed E-state index contributed by atoms with van der Waals surface area (Å²) in [6.45, 7) is 4.24. The Morgan fingerprint density at radius 1 is 1.17 bits per heavy atom. The molecule has 1 heterocycles. The van der Waals surface area contributed by atoms with E-state index >= 15 is 0 Å². The van der Waals surface area contributed by atoms with Gasteiger partial charge in [-0.15, -0.1) is 0 Å². The van der Waals surface area contributed by atoms with E-state index in [4.69, 9.17) is 9.47 Å². The van der Waals surface area contributed by atoms with Crippen molar-refractivity contribution in [1.29, 1.82) is 0 Å². The van der Waals surface area contributed by atoms with Crippen LogP contribution in [0.4, 0.5) is 13.2 Å². The van der Waals surface area contributed by atoms with E-state index in [0.29, 0.717) is 10.6 Å². The second kappa shape index (κ2) is 8.87. The summed E-state index contributed by atoms with van der Waals surface area (Å²) in [5.41, 5.74) is 0.819. The fourth-order valence-corrected chi connectivity index (χ4v) is 3.23. The van der Waals surface area contributed by atoms with Crippen LogP contribution in [0.3, 0.4) is 0 Å². The number of aromatic amines is 1. The molecule has 0 radical (unpaired) electrons. The van der Waals surface area contributed by atoms with Crippen molar-refractivity contribution in [2.75, 3.05) is 19.8 Å². The average molecular weight is 418 g/mol. The molecule has 1 aliphatic carbocycles. The number of halogens is 3. The first-order valence-corrected chi connectivity index (χ1v) is 9.35. The maximum atomic E-state index is 12.9. The molecule has 1 amide bonds. The van der Waals surface area contributed by atoms with Crippen molar-refractivity contribution >= 4 is 17.8 Å². The van der Waals surface area contributed by atoms with E-state index in [-0.39, 0.29) is 29.3 Å². The number of esters is 2. The van der Waals surface area contributed by atoms with Crippen LogP contribution in [-0.2, 0) is 14.3 Å². The molecule has 1 aromatic heterocycles. The Bertz CT molecular complexity index is 784. The van der Waals surface area contributed by atoms with Crippen LogP contribution in [0.2, 0.25) is 0 Å². The molecule has 1 aromatic rings. The Kier molecular flexibility index (Phi) is 6.97. The normalized spacial score (nSPS) is 15.0. The molecule has 1 fully saturated rings. The molecule has 29 heavy (non-hydrogen) atoms. The van der Waals surface area contributed by atoms with Crippen LogP contribution >= 0.6 is 0 Å². The fraction of sp³-hybridized carbons (Fsp3) is 0.632. The molecule has 1 aliphatic rings. The molecule has 0 aromatic carbocycles. The summed E-state index contributed by atoms with van der Waals surface area (Å²) >= 11 is 0. The van der Waals surface area contributed by atoms with Crippen molar-refractivity contribution in [2.45, 2.75) is 52.8 Å². The van der Waals surface area contributed by atoms with Crippen molar-refractivity contribution < 1.29 is 37.0 Å². The van der Waals surface area contributed by atoms with Gasteiger partial charge in [-0.05, 0) is 52.0 Å². The lowest BCUT2D eigenvalue weighted by molar-refractivity contribution is -0.167. The molecule has 0 spiro atoms. The van der Waals surface area contributed by atoms with Crippen molar-refractivity contribution in [3.05, 3.63) is 22.5 Å². The number of hydrogen-bond acceptors (Lipinski definition) is 5. The third-order valence-corrected chi connectivity index (χ3v) is 4.91. The number of H-pyrrole nitrogens is 1. The van der Waals surface area contributed by atoms with Gasteiger partial charge in [0.25, 0.3) is 5.91 Å². The number of hydrogen-bond donors (Lipinski definition) is 1. The summed E-state index contributed by atoms with van der Waals surface area (Å²) < 4.78 is 48.5. The summed E-state index contributed by atoms with van der Waals surface area (Å²) in [6, 6.07) is -0.590. The monoisotopic (exact) mass is 418 g/mol. The highest BCUT2D eigenvalue weighted by atomic mass is 19.4. The van der Waals surface area contributed by atoms with E-state index in [1.165, 1.54) is 6.92 Å². The van der Waals surface area contributed by atoms with Gasteiger partial charge < -0.3 is 19.4 Å². The standard InChI is InChI=1S/C19H25F3N2O5/c1-5-28-17(26)15-10(2)16(23-11(15)3)18(27)29-8-14(25)24(9-19(20,21)22)12(4)13-6-7-13/h12-13,23H,5-9H2,1-4H3/t12-/m1/s1. The molecule has 7 nitrogen and oxygen atoms in total. The third-order valence-electron chi connectivity index (χ3n) is 4.91. The van der Waals surface area contributed by atoms with Crippen LogP contribution in [0.5, 0.6) is 0 Å². The van der Waals surface area contributed by atoms with Gasteiger partial charge in [-0.3, -0.25) is 4.79 Å². The zero-order valence-electron chi connectivity index (χ0n) is 16.8. The number of nitrogens with one attached hydrogen (secondary N) is 1. The van der Waals surface area contributed by atoms with Crippen LogP contribution in [-0.4, -0.2) is 59.7 Å². The van der Waals surface area contributed by atoms with E-state index in [1.54, 1.807) is 20.8 Å². The van der Waals surface area contributed by atoms with Gasteiger partial charge in [0, 0.05) is 11.7 Å². The van der Waals surface area contributed by atoms with E-state index in [9.17, 15) is 27.6 Å². The summed E-state index contributed by atoms with van der Waals surface area (Å²) in [6.07, 6.45) is -3.02. The summed E-state index contributed by atoms with van der Waals surface area (Å²) in [5, 5.41) is 0. The maximum Gasteiger partial charge on any atom is 0.406 e. The smallest absolute Gasteiger partial charge is 0.406 e. The summed E-state index contributed by atoms with van der Waals surface area (Å²) in [5.74, 6) is -2.43. The number of aromatic nitrogens is 1. The number of ether oxygens (including phenoxy) is 2. The number of rotatable bonds is 8. The fourth-order valence-electron chi connectivity index (χ4n) is 3.23. The highest BCUT2D eigenvalue weighted by Crippen LogP contribution is 2.36. The molecule has 0 bridgehead atoms. The van der Waals surface area contributed by atoms with Gasteiger partial charge in [0.1, 0.15) is 12.2 Å². The lowest BCUT2D eigenvalue weighted by Gasteiger charge is -2.30. The molecular formula is C19H25F3N2O5. The molecule has 10 heteroatoms. The van der Waals surface area contributed by atoms with Crippen molar-refractivity contribution in [3.63, 3.8) is 0 Å². The second-order valence-corrected chi connectivity index (χ2v) is 7.14. The van der Waals surface area contributed by atoms with Crippen LogP contribution in [0.15, 0.2) is 0 Å². The van der Waals surface area contributed by atoms with Crippen molar-refractivity contribution in [2.24, 2.45) is 5.92 Å². The van der Waals surface area contributed by atoms with Gasteiger partial charge in [-0.25, -0.2) is 9.59 Å². The number of carbonyl (C=O) groups is 3. The van der Waals surface area contributed by atoms with E-state index in [2.05, 4.69) is 4.98 Å². The van der Waals surface area contributed by atoms with E-state index in [0.717, 1.165) is 12.8 Å². The number of alkyl halides is 3. The minimum Gasteiger partial charge on any atom is -0.462 e. The Morgan fingerprint density at radius 3 is 2.31 bits per heavy atom. The topological polar surface area (TPSA) is 88.7 Å². The number of nitrogens with zero attached hydrogens (tertiary/aromatic N) is 1. The molecule has 0 unspecified atom stereocenters.